The standard InChI is InChI=1S/C11H10ClN3OS/c1-8(16)17-6-2-3-9-7-13-11-5-4-10(12)14-15(9)11/h2-5,7H,6H2,1H3. The highest BCUT2D eigenvalue weighted by atomic mass is 35.5. The molecule has 0 fully saturated rings. The van der Waals surface area contributed by atoms with Gasteiger partial charge in [0.1, 0.15) is 5.15 Å². The fraction of sp³-hybridized carbons (Fsp3) is 0.182. The van der Waals surface area contributed by atoms with Crippen LogP contribution in [-0.2, 0) is 4.79 Å². The van der Waals surface area contributed by atoms with E-state index in [2.05, 4.69) is 10.1 Å². The number of thioether (sulfide) groups is 1. The van der Waals surface area contributed by atoms with Crippen LogP contribution in [0.4, 0.5) is 0 Å². The molecule has 0 aliphatic carbocycles. The van der Waals surface area contributed by atoms with Gasteiger partial charge in [0.05, 0.1) is 11.9 Å². The second kappa shape index (κ2) is 5.33. The molecule has 2 rings (SSSR count). The summed E-state index contributed by atoms with van der Waals surface area (Å²) in [6, 6.07) is 3.50. The zero-order valence-corrected chi connectivity index (χ0v) is 10.7. The van der Waals surface area contributed by atoms with Gasteiger partial charge in [0.2, 0.25) is 0 Å². The van der Waals surface area contributed by atoms with Crippen molar-refractivity contribution in [1.82, 2.24) is 14.6 Å². The molecule has 0 aromatic carbocycles. The Morgan fingerprint density at radius 1 is 1.59 bits per heavy atom. The van der Waals surface area contributed by atoms with Crippen LogP contribution in [0.3, 0.4) is 0 Å². The Labute approximate surface area is 108 Å². The van der Waals surface area contributed by atoms with E-state index in [1.807, 2.05) is 12.2 Å². The third-order valence-corrected chi connectivity index (χ3v) is 2.99. The van der Waals surface area contributed by atoms with E-state index in [1.165, 1.54) is 11.8 Å². The molecule has 0 saturated heterocycles. The summed E-state index contributed by atoms with van der Waals surface area (Å²) >= 11 is 7.08. The second-order valence-corrected chi connectivity index (χ2v) is 4.90. The molecular weight excluding hydrogens is 258 g/mol. The molecule has 4 nitrogen and oxygen atoms in total. The molecule has 88 valence electrons. The minimum Gasteiger partial charge on any atom is -0.288 e. The van der Waals surface area contributed by atoms with Gasteiger partial charge in [-0.3, -0.25) is 4.79 Å². The van der Waals surface area contributed by atoms with Crippen molar-refractivity contribution in [2.75, 3.05) is 5.75 Å². The Morgan fingerprint density at radius 3 is 3.18 bits per heavy atom. The van der Waals surface area contributed by atoms with Gasteiger partial charge in [-0.25, -0.2) is 9.50 Å². The molecular formula is C11H10ClN3OS. The highest BCUT2D eigenvalue weighted by Crippen LogP contribution is 2.11. The zero-order chi connectivity index (χ0) is 12.3. The zero-order valence-electron chi connectivity index (χ0n) is 9.13. The van der Waals surface area contributed by atoms with Crippen LogP contribution in [0.2, 0.25) is 5.15 Å². The van der Waals surface area contributed by atoms with Gasteiger partial charge in [-0.1, -0.05) is 29.4 Å². The predicted octanol–water partition coefficient (Wildman–Crippen LogP) is 2.68. The summed E-state index contributed by atoms with van der Waals surface area (Å²) in [5.41, 5.74) is 1.58. The number of carbonyl (C=O) groups excluding carboxylic acids is 1. The summed E-state index contributed by atoms with van der Waals surface area (Å²) in [6.07, 6.45) is 5.49. The van der Waals surface area contributed by atoms with E-state index in [9.17, 15) is 4.79 Å². The normalized spacial score (nSPS) is 11.4. The number of aromatic nitrogens is 3. The van der Waals surface area contributed by atoms with Gasteiger partial charge < -0.3 is 0 Å². The number of carbonyl (C=O) groups is 1. The molecule has 0 unspecified atom stereocenters. The van der Waals surface area contributed by atoms with Crippen molar-refractivity contribution >= 4 is 40.2 Å². The highest BCUT2D eigenvalue weighted by Gasteiger charge is 2.01. The van der Waals surface area contributed by atoms with E-state index >= 15 is 0 Å². The minimum atomic E-state index is 0.106. The van der Waals surface area contributed by atoms with Crippen LogP contribution in [0.5, 0.6) is 0 Å². The molecule has 2 aromatic rings. The Morgan fingerprint density at radius 2 is 2.41 bits per heavy atom. The van der Waals surface area contributed by atoms with Crippen LogP contribution >= 0.6 is 23.4 Å². The van der Waals surface area contributed by atoms with Gasteiger partial charge >= 0.3 is 0 Å². The van der Waals surface area contributed by atoms with Gasteiger partial charge in [-0.05, 0) is 18.2 Å². The molecule has 0 bridgehead atoms. The molecule has 2 aromatic heterocycles. The summed E-state index contributed by atoms with van der Waals surface area (Å²) in [6.45, 7) is 1.55. The molecule has 0 saturated carbocycles. The van der Waals surface area contributed by atoms with Crippen LogP contribution in [0.25, 0.3) is 11.7 Å². The Hall–Kier alpha value is -1.33. The molecule has 0 aliphatic heterocycles. The molecule has 0 radical (unpaired) electrons. The van der Waals surface area contributed by atoms with E-state index in [1.54, 1.807) is 29.8 Å². The summed E-state index contributed by atoms with van der Waals surface area (Å²) in [5, 5.41) is 4.67. The third kappa shape index (κ3) is 3.08. The Balaban J connectivity index is 2.18. The SMILES string of the molecule is CC(=O)SCC=Cc1cnc2ccc(Cl)nn12. The van der Waals surface area contributed by atoms with Crippen molar-refractivity contribution in [3.05, 3.63) is 35.3 Å². The lowest BCUT2D eigenvalue weighted by Crippen LogP contribution is -1.93. The van der Waals surface area contributed by atoms with E-state index < -0.39 is 0 Å². The van der Waals surface area contributed by atoms with Gasteiger partial charge in [-0.2, -0.15) is 5.10 Å². The number of imidazole rings is 1. The Bertz CT molecular complexity index is 579. The fourth-order valence-corrected chi connectivity index (χ4v) is 1.88. The highest BCUT2D eigenvalue weighted by molar-refractivity contribution is 8.13. The molecule has 6 heteroatoms. The maximum absolute atomic E-state index is 10.7. The van der Waals surface area contributed by atoms with Gasteiger partial charge in [0.25, 0.3) is 0 Å². The largest absolute Gasteiger partial charge is 0.288 e. The van der Waals surface area contributed by atoms with Gasteiger partial charge in [-0.15, -0.1) is 0 Å². The first-order valence-corrected chi connectivity index (χ1v) is 6.33. The lowest BCUT2D eigenvalue weighted by Gasteiger charge is -1.95. The first kappa shape index (κ1) is 12.1. The van der Waals surface area contributed by atoms with Crippen LogP contribution in [-0.4, -0.2) is 25.5 Å². The van der Waals surface area contributed by atoms with E-state index in [0.29, 0.717) is 10.9 Å². The second-order valence-electron chi connectivity index (χ2n) is 3.31. The third-order valence-electron chi connectivity index (χ3n) is 2.03. The summed E-state index contributed by atoms with van der Waals surface area (Å²) in [4.78, 5) is 14.9. The molecule has 2 heterocycles. The van der Waals surface area contributed by atoms with Crippen molar-refractivity contribution in [2.45, 2.75) is 6.92 Å². The monoisotopic (exact) mass is 267 g/mol. The number of hydrogen-bond donors (Lipinski definition) is 0. The van der Waals surface area contributed by atoms with E-state index in [0.717, 1.165) is 11.3 Å². The smallest absolute Gasteiger partial charge is 0.186 e. The van der Waals surface area contributed by atoms with E-state index in [-0.39, 0.29) is 5.12 Å². The van der Waals surface area contributed by atoms with Crippen molar-refractivity contribution in [3.63, 3.8) is 0 Å². The maximum atomic E-state index is 10.7. The molecule has 0 N–H and O–H groups in total. The minimum absolute atomic E-state index is 0.106. The van der Waals surface area contributed by atoms with Crippen LogP contribution in [0.15, 0.2) is 24.4 Å². The van der Waals surface area contributed by atoms with Gasteiger partial charge in [0, 0.05) is 12.7 Å². The quantitative estimate of drug-likeness (QED) is 0.858. The molecule has 17 heavy (non-hydrogen) atoms. The number of halogens is 1. The lowest BCUT2D eigenvalue weighted by atomic mass is 10.4. The topological polar surface area (TPSA) is 47.3 Å². The van der Waals surface area contributed by atoms with Crippen LogP contribution < -0.4 is 0 Å². The maximum Gasteiger partial charge on any atom is 0.186 e. The average molecular weight is 268 g/mol. The first-order valence-electron chi connectivity index (χ1n) is 4.97. The van der Waals surface area contributed by atoms with Crippen molar-refractivity contribution in [3.8, 4) is 0 Å². The average Bonchev–Trinajstić information content (AvgIpc) is 2.67. The van der Waals surface area contributed by atoms with Crippen LogP contribution in [0, 0.1) is 0 Å². The lowest BCUT2D eigenvalue weighted by molar-refractivity contribution is -0.109. The van der Waals surface area contributed by atoms with Gasteiger partial charge in [0.15, 0.2) is 10.8 Å². The number of hydrogen-bond acceptors (Lipinski definition) is 4. The van der Waals surface area contributed by atoms with Crippen molar-refractivity contribution < 1.29 is 4.79 Å². The predicted molar refractivity (Wildman–Crippen MR) is 70.2 cm³/mol. The van der Waals surface area contributed by atoms with Crippen LogP contribution in [0.1, 0.15) is 12.6 Å². The molecule has 0 spiro atoms. The summed E-state index contributed by atoms with van der Waals surface area (Å²) in [7, 11) is 0. The fourth-order valence-electron chi connectivity index (χ4n) is 1.32. The van der Waals surface area contributed by atoms with E-state index in [4.69, 9.17) is 11.6 Å². The number of fused-ring (bicyclic) bond motifs is 1. The van der Waals surface area contributed by atoms with Crippen molar-refractivity contribution in [2.24, 2.45) is 0 Å². The van der Waals surface area contributed by atoms with Crippen molar-refractivity contribution in [1.29, 1.82) is 0 Å². The number of nitrogens with zero attached hydrogens (tertiary/aromatic N) is 3. The molecule has 0 aliphatic rings. The summed E-state index contributed by atoms with van der Waals surface area (Å²) < 4.78 is 1.66. The summed E-state index contributed by atoms with van der Waals surface area (Å²) in [5.74, 6) is 0.642. The Kier molecular flexibility index (Phi) is 3.81. The molecule has 0 atom stereocenters. The molecule has 0 amide bonds. The number of rotatable bonds is 3. The first-order chi connectivity index (χ1) is 8.16.